The van der Waals surface area contributed by atoms with Crippen molar-refractivity contribution in [2.45, 2.75) is 26.8 Å². The number of rotatable bonds is 6. The van der Waals surface area contributed by atoms with Crippen molar-refractivity contribution in [3.63, 3.8) is 0 Å². The number of methoxy groups -OCH3 is 1. The third-order valence-electron chi connectivity index (χ3n) is 4.66. The lowest BCUT2D eigenvalue weighted by Gasteiger charge is -2.37. The number of carbonyl (C=O) groups excluding carboxylic acids is 1. The molecule has 3 rings (SSSR count). The zero-order chi connectivity index (χ0) is 20.3. The Kier molecular flexibility index (Phi) is 6.49. The van der Waals surface area contributed by atoms with Gasteiger partial charge in [0.1, 0.15) is 6.61 Å². The quantitative estimate of drug-likeness (QED) is 0.431. The van der Waals surface area contributed by atoms with Gasteiger partial charge in [-0.05, 0) is 61.6 Å². The molecule has 0 spiro atoms. The van der Waals surface area contributed by atoms with Gasteiger partial charge in [-0.15, -0.1) is 11.3 Å². The predicted molar refractivity (Wildman–Crippen MR) is 117 cm³/mol. The van der Waals surface area contributed by atoms with Crippen molar-refractivity contribution in [1.29, 1.82) is 0 Å². The number of nitrogens with one attached hydrogen (secondary N) is 1. The molecule has 0 bridgehead atoms. The molecule has 0 amide bonds. The van der Waals surface area contributed by atoms with Crippen LogP contribution in [0.4, 0.5) is 5.69 Å². The van der Waals surface area contributed by atoms with Gasteiger partial charge in [-0.1, -0.05) is 18.2 Å². The highest BCUT2D eigenvalue weighted by atomic mass is 32.1. The average molecular weight is 417 g/mol. The summed E-state index contributed by atoms with van der Waals surface area (Å²) in [4.78, 5) is 15.9. The maximum Gasteiger partial charge on any atom is 0.338 e. The van der Waals surface area contributed by atoms with Gasteiger partial charge in [0.25, 0.3) is 0 Å². The molecule has 7 heteroatoms. The van der Waals surface area contributed by atoms with Crippen LogP contribution in [0.2, 0.25) is 0 Å². The zero-order valence-corrected chi connectivity index (χ0v) is 18.1. The van der Waals surface area contributed by atoms with Crippen LogP contribution in [0.5, 0.6) is 0 Å². The summed E-state index contributed by atoms with van der Waals surface area (Å²) in [6, 6.07) is 9.82. The Morgan fingerprint density at radius 1 is 1.25 bits per heavy atom. The molecule has 1 aliphatic rings. The molecule has 1 aliphatic heterocycles. The largest absolute Gasteiger partial charge is 0.460 e. The van der Waals surface area contributed by atoms with Crippen LogP contribution in [-0.4, -0.2) is 31.4 Å². The summed E-state index contributed by atoms with van der Waals surface area (Å²) < 4.78 is 10.5. The van der Waals surface area contributed by atoms with Gasteiger partial charge in [-0.3, -0.25) is 4.90 Å². The van der Waals surface area contributed by atoms with Crippen molar-refractivity contribution in [1.82, 2.24) is 5.32 Å². The molecule has 1 atom stereocenters. The highest BCUT2D eigenvalue weighted by Crippen LogP contribution is 2.37. The van der Waals surface area contributed by atoms with Gasteiger partial charge in [0.05, 0.1) is 23.9 Å². The summed E-state index contributed by atoms with van der Waals surface area (Å²) in [5.74, 6) is -0.363. The molecule has 5 nitrogen and oxygen atoms in total. The molecule has 0 saturated heterocycles. The number of aryl methyl sites for hydroxylation is 2. The fourth-order valence-corrected chi connectivity index (χ4v) is 4.36. The highest BCUT2D eigenvalue weighted by molar-refractivity contribution is 7.80. The monoisotopic (exact) mass is 416 g/mol. The number of benzene rings is 1. The maximum absolute atomic E-state index is 13.0. The van der Waals surface area contributed by atoms with Crippen molar-refractivity contribution < 1.29 is 14.3 Å². The maximum atomic E-state index is 13.0. The van der Waals surface area contributed by atoms with Gasteiger partial charge in [0.2, 0.25) is 0 Å². The lowest BCUT2D eigenvalue weighted by Crippen LogP contribution is -2.48. The zero-order valence-electron chi connectivity index (χ0n) is 16.4. The molecule has 0 aliphatic carbocycles. The Labute approximate surface area is 175 Å². The van der Waals surface area contributed by atoms with Crippen LogP contribution in [0.1, 0.15) is 29.0 Å². The minimum Gasteiger partial charge on any atom is -0.460 e. The van der Waals surface area contributed by atoms with E-state index in [-0.39, 0.29) is 18.6 Å². The predicted octanol–water partition coefficient (Wildman–Crippen LogP) is 4.26. The Hall–Kier alpha value is -2.22. The number of anilines is 1. The van der Waals surface area contributed by atoms with E-state index < -0.39 is 0 Å². The summed E-state index contributed by atoms with van der Waals surface area (Å²) in [7, 11) is 1.58. The van der Waals surface area contributed by atoms with E-state index >= 15 is 0 Å². The van der Waals surface area contributed by atoms with Crippen LogP contribution >= 0.6 is 23.6 Å². The summed E-state index contributed by atoms with van der Waals surface area (Å²) in [6.45, 7) is 6.55. The number of ether oxygens (including phenoxy) is 2. The average Bonchev–Trinajstić information content (AvgIpc) is 3.18. The Morgan fingerprint density at radius 2 is 2.04 bits per heavy atom. The van der Waals surface area contributed by atoms with Gasteiger partial charge < -0.3 is 14.8 Å². The molecule has 2 heterocycles. The Bertz CT molecular complexity index is 906. The molecule has 0 fully saturated rings. The molecule has 1 aromatic carbocycles. The molecule has 28 heavy (non-hydrogen) atoms. The molecule has 1 aromatic heterocycles. The van der Waals surface area contributed by atoms with Crippen molar-refractivity contribution in [3.8, 4) is 0 Å². The second-order valence-electron chi connectivity index (χ2n) is 6.65. The normalized spacial score (nSPS) is 16.9. The van der Waals surface area contributed by atoms with Crippen molar-refractivity contribution >= 4 is 40.3 Å². The van der Waals surface area contributed by atoms with E-state index in [1.807, 2.05) is 43.2 Å². The van der Waals surface area contributed by atoms with Gasteiger partial charge in [-0.2, -0.15) is 0 Å². The van der Waals surface area contributed by atoms with Crippen LogP contribution in [0.25, 0.3) is 0 Å². The van der Waals surface area contributed by atoms with E-state index in [1.165, 1.54) is 0 Å². The number of thiophene rings is 1. The van der Waals surface area contributed by atoms with Gasteiger partial charge in [0, 0.05) is 17.7 Å². The van der Waals surface area contributed by atoms with Gasteiger partial charge in [0.15, 0.2) is 5.11 Å². The molecule has 2 aromatic rings. The number of hydrogen-bond donors (Lipinski definition) is 1. The Balaban J connectivity index is 2.08. The molecular weight excluding hydrogens is 392 g/mol. The van der Waals surface area contributed by atoms with Gasteiger partial charge >= 0.3 is 5.97 Å². The van der Waals surface area contributed by atoms with Gasteiger partial charge in [-0.25, -0.2) is 4.79 Å². The van der Waals surface area contributed by atoms with Crippen molar-refractivity contribution in [2.24, 2.45) is 0 Å². The van der Waals surface area contributed by atoms with E-state index in [0.717, 1.165) is 27.4 Å². The molecule has 0 unspecified atom stereocenters. The second-order valence-corrected chi connectivity index (χ2v) is 8.02. The van der Waals surface area contributed by atoms with Crippen molar-refractivity contribution in [2.75, 3.05) is 25.2 Å². The molecular formula is C21H24N2O3S2. The van der Waals surface area contributed by atoms with E-state index in [9.17, 15) is 4.79 Å². The van der Waals surface area contributed by atoms with Crippen LogP contribution in [-0.2, 0) is 14.3 Å². The number of carbonyl (C=O) groups is 1. The number of esters is 1. The summed E-state index contributed by atoms with van der Waals surface area (Å²) in [5, 5.41) is 5.90. The first-order valence-corrected chi connectivity index (χ1v) is 10.3. The SMILES string of the molecule is COCCOC(=O)C1=C(C)N(c2cc(C)ccc2C)C(=S)N[C@@H]1c1cccs1. The van der Waals surface area contributed by atoms with Crippen LogP contribution in [0.15, 0.2) is 47.0 Å². The van der Waals surface area contributed by atoms with Crippen LogP contribution in [0.3, 0.4) is 0 Å². The minimum absolute atomic E-state index is 0.206. The number of hydrogen-bond acceptors (Lipinski definition) is 5. The first-order chi connectivity index (χ1) is 13.4. The minimum atomic E-state index is -0.363. The third kappa shape index (κ3) is 4.11. The van der Waals surface area contributed by atoms with E-state index in [4.69, 9.17) is 21.7 Å². The number of nitrogens with zero attached hydrogens (tertiary/aromatic N) is 1. The first kappa shape index (κ1) is 20.5. The summed E-state index contributed by atoms with van der Waals surface area (Å²) >= 11 is 7.28. The van der Waals surface area contributed by atoms with Crippen LogP contribution in [0, 0.1) is 13.8 Å². The molecule has 0 radical (unpaired) electrons. The number of thiocarbonyl (C=S) groups is 1. The van der Waals surface area contributed by atoms with Crippen LogP contribution < -0.4 is 10.2 Å². The topological polar surface area (TPSA) is 50.8 Å². The summed E-state index contributed by atoms with van der Waals surface area (Å²) in [5.41, 5.74) is 4.50. The first-order valence-electron chi connectivity index (χ1n) is 9.02. The molecule has 0 saturated carbocycles. The number of allylic oxidation sites excluding steroid dienone is 1. The fraction of sp³-hybridized carbons (Fsp3) is 0.333. The third-order valence-corrected chi connectivity index (χ3v) is 5.90. The van der Waals surface area contributed by atoms with Crippen molar-refractivity contribution in [3.05, 3.63) is 63.0 Å². The van der Waals surface area contributed by atoms with E-state index in [0.29, 0.717) is 17.3 Å². The molecule has 1 N–H and O–H groups in total. The lowest BCUT2D eigenvalue weighted by molar-refractivity contribution is -0.140. The standard InChI is InChI=1S/C21H24N2O3S2/c1-13-7-8-14(2)16(12-13)23-15(3)18(20(24)26-10-9-25-4)19(22-21(23)27)17-6-5-11-28-17/h5-8,11-12,19H,9-10H2,1-4H3,(H,22,27)/t19-/m1/s1. The molecule has 148 valence electrons. The second kappa shape index (κ2) is 8.86. The van der Waals surface area contributed by atoms with E-state index in [2.05, 4.69) is 23.5 Å². The Morgan fingerprint density at radius 3 is 2.71 bits per heavy atom. The highest BCUT2D eigenvalue weighted by Gasteiger charge is 2.36. The summed E-state index contributed by atoms with van der Waals surface area (Å²) in [6.07, 6.45) is 0. The lowest BCUT2D eigenvalue weighted by atomic mass is 9.99. The smallest absolute Gasteiger partial charge is 0.338 e. The van der Waals surface area contributed by atoms with E-state index in [1.54, 1.807) is 18.4 Å². The fourth-order valence-electron chi connectivity index (χ4n) is 3.22.